The van der Waals surface area contributed by atoms with Gasteiger partial charge in [0, 0.05) is 0 Å². The average molecular weight is 325 g/mol. The standard InChI is InChI=1S/C3H10N3O9P3/c7-16(8,9)2-1-3(17(10,11)12)5-6(4-2)18(13,14)15/h1-2,4-5H,(H2,7,8,9)(H2,10,11,12)(H2,13,14,15). The van der Waals surface area contributed by atoms with Crippen LogP contribution in [0.25, 0.3) is 0 Å². The van der Waals surface area contributed by atoms with E-state index in [9.17, 15) is 13.7 Å². The zero-order valence-corrected chi connectivity index (χ0v) is 11.0. The van der Waals surface area contributed by atoms with Crippen molar-refractivity contribution in [2.75, 3.05) is 0 Å². The molecule has 18 heavy (non-hydrogen) atoms. The highest BCUT2D eigenvalue weighted by molar-refractivity contribution is 7.57. The van der Waals surface area contributed by atoms with Crippen LogP contribution in [0.2, 0.25) is 0 Å². The van der Waals surface area contributed by atoms with Gasteiger partial charge < -0.3 is 29.4 Å². The van der Waals surface area contributed by atoms with Crippen LogP contribution in [-0.2, 0) is 13.7 Å². The van der Waals surface area contributed by atoms with Gasteiger partial charge in [0.1, 0.15) is 11.2 Å². The molecule has 1 aliphatic heterocycles. The Hall–Kier alpha value is -0.0900. The summed E-state index contributed by atoms with van der Waals surface area (Å²) in [5.74, 6) is -1.98. The second-order valence-electron chi connectivity index (χ2n) is 3.20. The molecule has 0 amide bonds. The van der Waals surface area contributed by atoms with Gasteiger partial charge in [-0.25, -0.2) is 9.99 Å². The van der Waals surface area contributed by atoms with Crippen LogP contribution in [0.5, 0.6) is 0 Å². The van der Waals surface area contributed by atoms with E-state index >= 15 is 0 Å². The van der Waals surface area contributed by atoms with Crippen molar-refractivity contribution in [1.29, 1.82) is 0 Å². The Morgan fingerprint density at radius 2 is 1.56 bits per heavy atom. The molecule has 1 heterocycles. The van der Waals surface area contributed by atoms with Gasteiger partial charge in [0.15, 0.2) is 0 Å². The molecule has 1 atom stereocenters. The highest BCUT2D eigenvalue weighted by atomic mass is 31.2. The molecule has 0 aromatic rings. The smallest absolute Gasteiger partial charge is 0.323 e. The van der Waals surface area contributed by atoms with E-state index in [-0.39, 0.29) is 4.89 Å². The van der Waals surface area contributed by atoms with E-state index in [4.69, 9.17) is 29.4 Å². The third kappa shape index (κ3) is 3.95. The van der Waals surface area contributed by atoms with Crippen LogP contribution in [0, 0.1) is 0 Å². The van der Waals surface area contributed by atoms with Crippen LogP contribution in [0.15, 0.2) is 11.5 Å². The molecule has 0 aromatic heterocycles. The molecule has 8 N–H and O–H groups in total. The fourth-order valence-corrected chi connectivity index (χ4v) is 2.95. The summed E-state index contributed by atoms with van der Waals surface area (Å²) in [6.45, 7) is 0. The van der Waals surface area contributed by atoms with Gasteiger partial charge in [-0.15, -0.1) is 0 Å². The third-order valence-electron chi connectivity index (χ3n) is 1.73. The zero-order chi connectivity index (χ0) is 14.4. The van der Waals surface area contributed by atoms with Gasteiger partial charge >= 0.3 is 22.9 Å². The molecular formula is C3H10N3O9P3. The molecule has 12 nitrogen and oxygen atoms in total. The lowest BCUT2D eigenvalue weighted by Crippen LogP contribution is -2.52. The summed E-state index contributed by atoms with van der Waals surface area (Å²) in [5, 5.41) is 0. The summed E-state index contributed by atoms with van der Waals surface area (Å²) < 4.78 is 32.8. The molecule has 0 radical (unpaired) electrons. The Morgan fingerprint density at radius 1 is 1.06 bits per heavy atom. The molecule has 0 aromatic carbocycles. The summed E-state index contributed by atoms with van der Waals surface area (Å²) in [6.07, 6.45) is 0.466. The van der Waals surface area contributed by atoms with E-state index in [1.54, 1.807) is 10.9 Å². The van der Waals surface area contributed by atoms with Gasteiger partial charge in [-0.1, -0.05) is 4.89 Å². The predicted octanol–water partition coefficient (Wildman–Crippen LogP) is -2.07. The molecule has 0 fully saturated rings. The number of rotatable bonds is 3. The molecule has 1 rings (SSSR count). The van der Waals surface area contributed by atoms with E-state index in [0.717, 1.165) is 0 Å². The lowest BCUT2D eigenvalue weighted by Gasteiger charge is -2.33. The molecule has 15 heteroatoms. The average Bonchev–Trinajstić information content (AvgIpc) is 2.13. The van der Waals surface area contributed by atoms with Gasteiger partial charge in [-0.05, 0) is 6.08 Å². The van der Waals surface area contributed by atoms with Crippen LogP contribution in [-0.4, -0.2) is 40.0 Å². The largest absolute Gasteiger partial charge is 0.435 e. The number of nitrogens with zero attached hydrogens (tertiary/aromatic N) is 1. The van der Waals surface area contributed by atoms with Crippen molar-refractivity contribution in [3.05, 3.63) is 11.5 Å². The second-order valence-corrected chi connectivity index (χ2v) is 7.93. The Morgan fingerprint density at radius 3 is 1.89 bits per heavy atom. The van der Waals surface area contributed by atoms with Crippen molar-refractivity contribution in [2.24, 2.45) is 0 Å². The maximum Gasteiger partial charge on any atom is 0.435 e. The van der Waals surface area contributed by atoms with E-state index in [0.29, 0.717) is 6.08 Å². The van der Waals surface area contributed by atoms with Crippen molar-refractivity contribution in [3.63, 3.8) is 0 Å². The maximum absolute atomic E-state index is 11.0. The van der Waals surface area contributed by atoms with Gasteiger partial charge in [-0.3, -0.25) is 14.6 Å². The van der Waals surface area contributed by atoms with Gasteiger partial charge in [0.05, 0.1) is 0 Å². The van der Waals surface area contributed by atoms with Crippen molar-refractivity contribution in [2.45, 2.75) is 5.78 Å². The summed E-state index contributed by atoms with van der Waals surface area (Å²) in [7, 11) is -15.0. The van der Waals surface area contributed by atoms with Crippen molar-refractivity contribution < 1.29 is 43.1 Å². The minimum Gasteiger partial charge on any atom is -0.323 e. The fourth-order valence-electron chi connectivity index (χ4n) is 0.965. The highest BCUT2D eigenvalue weighted by Gasteiger charge is 2.42. The Bertz CT molecular complexity index is 498. The number of hydrazine groups is 2. The molecular weight excluding hydrogens is 315 g/mol. The first-order valence-corrected chi connectivity index (χ1v) is 8.90. The van der Waals surface area contributed by atoms with Crippen LogP contribution in [0.1, 0.15) is 0 Å². The normalized spacial score (nSPS) is 23.4. The lowest BCUT2D eigenvalue weighted by molar-refractivity contribution is 0.166. The van der Waals surface area contributed by atoms with Gasteiger partial charge in [0.2, 0.25) is 0 Å². The van der Waals surface area contributed by atoms with E-state index in [2.05, 4.69) is 0 Å². The quantitative estimate of drug-likeness (QED) is 0.264. The minimum atomic E-state index is -5.07. The van der Waals surface area contributed by atoms with Crippen molar-refractivity contribution in [3.8, 4) is 0 Å². The number of hydrogen-bond donors (Lipinski definition) is 8. The SMILES string of the molecule is O=P(O)(O)C1=CC(P(=O)(O)O)NN(P(=O)(O)O)N1. The van der Waals surface area contributed by atoms with Gasteiger partial charge in [-0.2, -0.15) is 0 Å². The minimum absolute atomic E-state index is 0.175. The molecule has 106 valence electrons. The molecule has 1 unspecified atom stereocenters. The predicted molar refractivity (Wildman–Crippen MR) is 56.1 cm³/mol. The Balaban J connectivity index is 3.21. The van der Waals surface area contributed by atoms with Gasteiger partial charge in [0.25, 0.3) is 0 Å². The van der Waals surface area contributed by atoms with E-state index in [1.165, 1.54) is 0 Å². The molecule has 1 aliphatic rings. The first kappa shape index (κ1) is 16.0. The Kier molecular flexibility index (Phi) is 4.24. The maximum atomic E-state index is 11.0. The highest BCUT2D eigenvalue weighted by Crippen LogP contribution is 2.51. The monoisotopic (exact) mass is 325 g/mol. The summed E-state index contributed by atoms with van der Waals surface area (Å²) in [5.41, 5.74) is 2.33. The lowest BCUT2D eigenvalue weighted by atomic mass is 10.6. The van der Waals surface area contributed by atoms with Crippen LogP contribution < -0.4 is 10.9 Å². The molecule has 0 spiro atoms. The summed E-state index contributed by atoms with van der Waals surface area (Å²) in [6, 6.07) is 0. The number of nitrogens with one attached hydrogen (secondary N) is 2. The van der Waals surface area contributed by atoms with Crippen LogP contribution >= 0.6 is 22.9 Å². The fraction of sp³-hybridized carbons (Fsp3) is 0.333. The molecule has 0 bridgehead atoms. The van der Waals surface area contributed by atoms with Crippen LogP contribution in [0.4, 0.5) is 0 Å². The molecule has 0 saturated heterocycles. The van der Waals surface area contributed by atoms with Crippen molar-refractivity contribution >= 4 is 22.9 Å². The topological polar surface area (TPSA) is 200 Å². The van der Waals surface area contributed by atoms with Crippen LogP contribution in [0.3, 0.4) is 0 Å². The summed E-state index contributed by atoms with van der Waals surface area (Å²) in [4.78, 5) is 52.8. The molecule has 0 aliphatic carbocycles. The first-order valence-electron chi connectivity index (χ1n) is 4.04. The Labute approximate surface area is 99.8 Å². The second kappa shape index (κ2) is 4.78. The zero-order valence-electron chi connectivity index (χ0n) is 8.35. The first-order chi connectivity index (χ1) is 7.82. The van der Waals surface area contributed by atoms with E-state index in [1.807, 2.05) is 0 Å². The van der Waals surface area contributed by atoms with Crippen molar-refractivity contribution in [1.82, 2.24) is 15.7 Å². The number of hydrogen-bond acceptors (Lipinski definition) is 5. The van der Waals surface area contributed by atoms with E-state index < -0.39 is 34.2 Å². The third-order valence-corrected chi connectivity index (χ3v) is 4.33. The summed E-state index contributed by atoms with van der Waals surface area (Å²) >= 11 is 0. The molecule has 0 saturated carbocycles.